The van der Waals surface area contributed by atoms with E-state index in [4.69, 9.17) is 4.74 Å². The summed E-state index contributed by atoms with van der Waals surface area (Å²) < 4.78 is 5.58. The van der Waals surface area contributed by atoms with E-state index >= 15 is 0 Å². The highest BCUT2D eigenvalue weighted by Gasteiger charge is 2.16. The van der Waals surface area contributed by atoms with Crippen LogP contribution in [0.2, 0.25) is 0 Å². The lowest BCUT2D eigenvalue weighted by Gasteiger charge is -2.12. The van der Waals surface area contributed by atoms with Crippen LogP contribution in [0.5, 0.6) is 5.75 Å². The molecule has 3 rings (SSSR count). The average Bonchev–Trinajstić information content (AvgIpc) is 2.66. The number of carboxylic acid groups (broad SMARTS) is 1. The summed E-state index contributed by atoms with van der Waals surface area (Å²) in [5.74, 6) is -1.16. The van der Waals surface area contributed by atoms with Gasteiger partial charge in [0.15, 0.2) is 6.61 Å². The van der Waals surface area contributed by atoms with E-state index in [1.165, 1.54) is 6.07 Å². The first-order chi connectivity index (χ1) is 12.6. The Morgan fingerprint density at radius 2 is 1.65 bits per heavy atom. The zero-order valence-corrected chi connectivity index (χ0v) is 14.1. The molecule has 0 aliphatic heterocycles. The molecule has 2 N–H and O–H groups in total. The van der Waals surface area contributed by atoms with Gasteiger partial charge in [0.25, 0.3) is 5.91 Å². The summed E-state index contributed by atoms with van der Waals surface area (Å²) in [7, 11) is 0. The van der Waals surface area contributed by atoms with Crippen molar-refractivity contribution < 1.29 is 19.4 Å². The van der Waals surface area contributed by atoms with Crippen molar-refractivity contribution in [3.05, 3.63) is 77.9 Å². The van der Waals surface area contributed by atoms with Crippen LogP contribution >= 0.6 is 0 Å². The molecular formula is C21H19NO4. The Kier molecular flexibility index (Phi) is 5.49. The Balaban J connectivity index is 1.64. The van der Waals surface area contributed by atoms with Crippen molar-refractivity contribution in [2.24, 2.45) is 0 Å². The molecule has 0 fully saturated rings. The van der Waals surface area contributed by atoms with Crippen molar-refractivity contribution in [3.63, 3.8) is 0 Å². The van der Waals surface area contributed by atoms with Gasteiger partial charge < -0.3 is 15.2 Å². The topological polar surface area (TPSA) is 75.6 Å². The number of nitrogens with one attached hydrogen (secondary N) is 1. The molecule has 0 unspecified atom stereocenters. The van der Waals surface area contributed by atoms with Crippen LogP contribution in [-0.2, 0) is 11.2 Å². The van der Waals surface area contributed by atoms with E-state index in [0.717, 1.165) is 17.4 Å². The first-order valence-electron chi connectivity index (χ1n) is 8.33. The summed E-state index contributed by atoms with van der Waals surface area (Å²) in [5, 5.41) is 13.7. The van der Waals surface area contributed by atoms with E-state index < -0.39 is 5.97 Å². The molecule has 3 aromatic carbocycles. The second-order valence-corrected chi connectivity index (χ2v) is 5.84. The summed E-state index contributed by atoms with van der Waals surface area (Å²) >= 11 is 0. The minimum absolute atomic E-state index is 0.0424. The third-order valence-corrected chi connectivity index (χ3v) is 4.04. The van der Waals surface area contributed by atoms with E-state index in [0.29, 0.717) is 11.9 Å². The molecule has 0 saturated heterocycles. The van der Waals surface area contributed by atoms with Crippen LogP contribution in [-0.4, -0.2) is 30.1 Å². The number of carbonyl (C=O) groups is 2. The van der Waals surface area contributed by atoms with E-state index in [9.17, 15) is 14.7 Å². The Bertz CT molecular complexity index is 922. The van der Waals surface area contributed by atoms with Gasteiger partial charge in [-0.1, -0.05) is 60.7 Å². The predicted molar refractivity (Wildman–Crippen MR) is 99.6 cm³/mol. The summed E-state index contributed by atoms with van der Waals surface area (Å²) in [6.07, 6.45) is 0.723. The quantitative estimate of drug-likeness (QED) is 0.686. The molecule has 0 radical (unpaired) electrons. The van der Waals surface area contributed by atoms with Gasteiger partial charge in [-0.05, 0) is 23.4 Å². The maximum absolute atomic E-state index is 12.0. The van der Waals surface area contributed by atoms with Crippen molar-refractivity contribution >= 4 is 22.6 Å². The van der Waals surface area contributed by atoms with E-state index in [1.54, 1.807) is 18.2 Å². The SMILES string of the molecule is O=C(COc1c(C(=O)O)ccc2ccccc12)NCCc1ccccc1. The number of ether oxygens (including phenoxy) is 1. The third-order valence-electron chi connectivity index (χ3n) is 4.04. The molecule has 5 nitrogen and oxygen atoms in total. The van der Waals surface area contributed by atoms with Gasteiger partial charge in [0.2, 0.25) is 0 Å². The fourth-order valence-corrected chi connectivity index (χ4v) is 2.75. The zero-order valence-electron chi connectivity index (χ0n) is 14.1. The van der Waals surface area contributed by atoms with Gasteiger partial charge in [-0.2, -0.15) is 0 Å². The highest BCUT2D eigenvalue weighted by molar-refractivity contribution is 6.00. The molecule has 0 aliphatic carbocycles. The van der Waals surface area contributed by atoms with Crippen LogP contribution in [0.1, 0.15) is 15.9 Å². The highest BCUT2D eigenvalue weighted by Crippen LogP contribution is 2.29. The molecule has 0 aromatic heterocycles. The van der Waals surface area contributed by atoms with Crippen LogP contribution in [0, 0.1) is 0 Å². The minimum Gasteiger partial charge on any atom is -0.482 e. The second kappa shape index (κ2) is 8.16. The molecule has 0 saturated carbocycles. The molecular weight excluding hydrogens is 330 g/mol. The maximum Gasteiger partial charge on any atom is 0.339 e. The number of fused-ring (bicyclic) bond motifs is 1. The van der Waals surface area contributed by atoms with E-state index in [-0.39, 0.29) is 23.8 Å². The molecule has 0 spiro atoms. The third kappa shape index (κ3) is 4.19. The molecule has 1 amide bonds. The van der Waals surface area contributed by atoms with Gasteiger partial charge in [0.1, 0.15) is 11.3 Å². The van der Waals surface area contributed by atoms with Crippen molar-refractivity contribution in [1.29, 1.82) is 0 Å². The fraction of sp³-hybridized carbons (Fsp3) is 0.143. The lowest BCUT2D eigenvalue weighted by molar-refractivity contribution is -0.123. The van der Waals surface area contributed by atoms with E-state index in [2.05, 4.69) is 5.32 Å². The summed E-state index contributed by atoms with van der Waals surface area (Å²) in [5.41, 5.74) is 1.18. The van der Waals surface area contributed by atoms with Crippen LogP contribution in [0.15, 0.2) is 66.7 Å². The van der Waals surface area contributed by atoms with Crippen LogP contribution in [0.3, 0.4) is 0 Å². The van der Waals surface area contributed by atoms with Gasteiger partial charge in [-0.3, -0.25) is 4.79 Å². The molecule has 0 bridgehead atoms. The summed E-state index contributed by atoms with van der Waals surface area (Å²) in [4.78, 5) is 23.5. The lowest BCUT2D eigenvalue weighted by atomic mass is 10.1. The molecule has 132 valence electrons. The van der Waals surface area contributed by atoms with E-state index in [1.807, 2.05) is 42.5 Å². The first kappa shape index (κ1) is 17.5. The van der Waals surface area contributed by atoms with Crippen LogP contribution in [0.25, 0.3) is 10.8 Å². The van der Waals surface area contributed by atoms with Gasteiger partial charge in [-0.15, -0.1) is 0 Å². The average molecular weight is 349 g/mol. The predicted octanol–water partition coefficient (Wildman–Crippen LogP) is 3.28. The number of hydrogen-bond donors (Lipinski definition) is 2. The fourth-order valence-electron chi connectivity index (χ4n) is 2.75. The Labute approximate surface area is 151 Å². The molecule has 0 heterocycles. The Morgan fingerprint density at radius 3 is 2.42 bits per heavy atom. The number of carboxylic acids is 1. The molecule has 0 atom stereocenters. The molecule has 0 aliphatic rings. The Hall–Kier alpha value is -3.34. The monoisotopic (exact) mass is 349 g/mol. The van der Waals surface area contributed by atoms with Crippen LogP contribution in [0.4, 0.5) is 0 Å². The van der Waals surface area contributed by atoms with Crippen LogP contribution < -0.4 is 10.1 Å². The molecule has 26 heavy (non-hydrogen) atoms. The summed E-state index contributed by atoms with van der Waals surface area (Å²) in [6, 6.07) is 20.4. The lowest BCUT2D eigenvalue weighted by Crippen LogP contribution is -2.30. The zero-order chi connectivity index (χ0) is 18.4. The smallest absolute Gasteiger partial charge is 0.339 e. The number of carbonyl (C=O) groups excluding carboxylic acids is 1. The number of amides is 1. The molecule has 5 heteroatoms. The first-order valence-corrected chi connectivity index (χ1v) is 8.33. The Morgan fingerprint density at radius 1 is 0.923 bits per heavy atom. The largest absolute Gasteiger partial charge is 0.482 e. The van der Waals surface area contributed by atoms with Crippen molar-refractivity contribution in [1.82, 2.24) is 5.32 Å². The van der Waals surface area contributed by atoms with Crippen molar-refractivity contribution in [3.8, 4) is 5.75 Å². The number of hydrogen-bond acceptors (Lipinski definition) is 3. The van der Waals surface area contributed by atoms with Crippen molar-refractivity contribution in [2.75, 3.05) is 13.2 Å². The highest BCUT2D eigenvalue weighted by atomic mass is 16.5. The van der Waals surface area contributed by atoms with Gasteiger partial charge in [-0.25, -0.2) is 4.79 Å². The van der Waals surface area contributed by atoms with Gasteiger partial charge >= 0.3 is 5.97 Å². The number of aromatic carboxylic acids is 1. The molecule has 3 aromatic rings. The normalized spacial score (nSPS) is 10.5. The second-order valence-electron chi connectivity index (χ2n) is 5.84. The van der Waals surface area contributed by atoms with Crippen molar-refractivity contribution in [2.45, 2.75) is 6.42 Å². The maximum atomic E-state index is 12.0. The van der Waals surface area contributed by atoms with Gasteiger partial charge in [0, 0.05) is 11.9 Å². The minimum atomic E-state index is -1.09. The standard InChI is InChI=1S/C21H19NO4/c23-19(22-13-12-15-6-2-1-3-7-15)14-26-20-17-9-5-4-8-16(17)10-11-18(20)21(24)25/h1-11H,12-14H2,(H,22,23)(H,24,25). The number of benzene rings is 3. The number of rotatable bonds is 7. The van der Waals surface area contributed by atoms with Gasteiger partial charge in [0.05, 0.1) is 0 Å². The summed E-state index contributed by atoms with van der Waals surface area (Å²) in [6.45, 7) is 0.261.